The molecule has 0 saturated carbocycles. The van der Waals surface area contributed by atoms with Crippen molar-refractivity contribution in [3.8, 4) is 0 Å². The number of amides is 1. The normalized spacial score (nSPS) is 11.5. The topological polar surface area (TPSA) is 69.6 Å². The molecule has 5 heteroatoms. The summed E-state index contributed by atoms with van der Waals surface area (Å²) in [5, 5.41) is 10.7. The Kier molecular flexibility index (Phi) is 5.28. The molecule has 0 aromatic heterocycles. The van der Waals surface area contributed by atoms with Gasteiger partial charge in [-0.2, -0.15) is 0 Å². The minimum atomic E-state index is -1.03. The lowest BCUT2D eigenvalue weighted by molar-refractivity contribution is -0.138. The highest BCUT2D eigenvalue weighted by Gasteiger charge is 2.15. The van der Waals surface area contributed by atoms with Crippen LogP contribution in [0.1, 0.15) is 20.8 Å². The van der Waals surface area contributed by atoms with E-state index < -0.39 is 5.97 Å². The number of carbonyl (C=O) groups excluding carboxylic acids is 1. The van der Waals surface area contributed by atoms with E-state index in [2.05, 4.69) is 26.1 Å². The Hall–Kier alpha value is -1.10. The first-order chi connectivity index (χ1) is 6.70. The lowest BCUT2D eigenvalue weighted by Gasteiger charge is -2.25. The molecule has 0 heterocycles. The molecule has 0 unspecified atom stereocenters. The fraction of sp³-hybridized carbons (Fsp3) is 0.800. The van der Waals surface area contributed by atoms with Crippen molar-refractivity contribution in [1.29, 1.82) is 0 Å². The van der Waals surface area contributed by atoms with Crippen LogP contribution in [0.3, 0.4) is 0 Å². The molecule has 0 fully saturated rings. The molecule has 2 N–H and O–H groups in total. The highest BCUT2D eigenvalue weighted by atomic mass is 16.4. The van der Waals surface area contributed by atoms with Crippen LogP contribution in [-0.2, 0) is 9.59 Å². The molecule has 0 radical (unpaired) electrons. The van der Waals surface area contributed by atoms with Gasteiger partial charge in [-0.15, -0.1) is 0 Å². The monoisotopic (exact) mass is 216 g/mol. The molecule has 1 amide bonds. The smallest absolute Gasteiger partial charge is 0.322 e. The van der Waals surface area contributed by atoms with Gasteiger partial charge in [-0.1, -0.05) is 20.8 Å². The number of nitrogens with one attached hydrogen (secondary N) is 1. The second-order valence-electron chi connectivity index (χ2n) is 4.90. The van der Waals surface area contributed by atoms with Crippen molar-refractivity contribution < 1.29 is 14.7 Å². The molecule has 0 bridgehead atoms. The molecule has 0 rings (SSSR count). The quantitative estimate of drug-likeness (QED) is 0.687. The first kappa shape index (κ1) is 13.9. The average Bonchev–Trinajstić information content (AvgIpc) is 1.96. The predicted octanol–water partition coefficient (Wildman–Crippen LogP) is 0.165. The maximum Gasteiger partial charge on any atom is 0.322 e. The summed E-state index contributed by atoms with van der Waals surface area (Å²) < 4.78 is 0. The summed E-state index contributed by atoms with van der Waals surface area (Å²) in [7, 11) is 1.84. The van der Waals surface area contributed by atoms with Gasteiger partial charge in [0.2, 0.25) is 5.91 Å². The molecular weight excluding hydrogens is 196 g/mol. The van der Waals surface area contributed by atoms with Gasteiger partial charge < -0.3 is 10.4 Å². The minimum Gasteiger partial charge on any atom is -0.480 e. The van der Waals surface area contributed by atoms with Crippen LogP contribution in [0.5, 0.6) is 0 Å². The Balaban J connectivity index is 3.81. The van der Waals surface area contributed by atoms with E-state index in [1.807, 2.05) is 11.9 Å². The summed E-state index contributed by atoms with van der Waals surface area (Å²) >= 11 is 0. The Morgan fingerprint density at radius 2 is 1.87 bits per heavy atom. The zero-order chi connectivity index (χ0) is 12.1. The Labute approximate surface area is 90.5 Å². The first-order valence-electron chi connectivity index (χ1n) is 4.88. The Bertz CT molecular complexity index is 233. The third-order valence-corrected chi connectivity index (χ3v) is 1.59. The molecule has 15 heavy (non-hydrogen) atoms. The average molecular weight is 216 g/mol. The zero-order valence-corrected chi connectivity index (χ0v) is 9.83. The number of aliphatic carboxylic acids is 1. The molecule has 0 aliphatic heterocycles. The van der Waals surface area contributed by atoms with Crippen LogP contribution in [0, 0.1) is 5.41 Å². The largest absolute Gasteiger partial charge is 0.480 e. The number of hydrogen-bond acceptors (Lipinski definition) is 3. The molecule has 0 aliphatic rings. The maximum atomic E-state index is 11.2. The molecule has 5 nitrogen and oxygen atoms in total. The Morgan fingerprint density at radius 1 is 1.33 bits per heavy atom. The van der Waals surface area contributed by atoms with Crippen molar-refractivity contribution in [2.45, 2.75) is 20.8 Å². The summed E-state index contributed by atoms with van der Waals surface area (Å²) in [5.41, 5.74) is 0.127. The van der Waals surface area contributed by atoms with Crippen LogP contribution in [0.4, 0.5) is 0 Å². The molecule has 0 aromatic rings. The van der Waals surface area contributed by atoms with E-state index in [4.69, 9.17) is 5.11 Å². The van der Waals surface area contributed by atoms with Gasteiger partial charge >= 0.3 is 5.97 Å². The molecule has 0 spiro atoms. The van der Waals surface area contributed by atoms with E-state index >= 15 is 0 Å². The van der Waals surface area contributed by atoms with Crippen LogP contribution in [0.2, 0.25) is 0 Å². The second-order valence-corrected chi connectivity index (χ2v) is 4.90. The number of carbonyl (C=O) groups is 2. The van der Waals surface area contributed by atoms with Crippen molar-refractivity contribution >= 4 is 11.9 Å². The number of rotatable bonds is 5. The number of carboxylic acid groups (broad SMARTS) is 1. The standard InChI is InChI=1S/C10H20N2O3/c1-10(2,3)7-12(4)6-8(13)11-5-9(14)15/h5-7H2,1-4H3,(H,11,13)(H,14,15). The highest BCUT2D eigenvalue weighted by molar-refractivity contribution is 5.82. The van der Waals surface area contributed by atoms with E-state index in [0.717, 1.165) is 6.54 Å². The fourth-order valence-corrected chi connectivity index (χ4v) is 1.34. The lowest BCUT2D eigenvalue weighted by atomic mass is 9.96. The van der Waals surface area contributed by atoms with Crippen LogP contribution < -0.4 is 5.32 Å². The van der Waals surface area contributed by atoms with Gasteiger partial charge in [0.15, 0.2) is 0 Å². The van der Waals surface area contributed by atoms with Crippen LogP contribution >= 0.6 is 0 Å². The molecule has 0 aromatic carbocycles. The summed E-state index contributed by atoms with van der Waals surface area (Å²) in [6, 6.07) is 0. The van der Waals surface area contributed by atoms with Crippen molar-refractivity contribution in [3.63, 3.8) is 0 Å². The van der Waals surface area contributed by atoms with Gasteiger partial charge in [0.1, 0.15) is 6.54 Å². The highest BCUT2D eigenvalue weighted by Crippen LogP contribution is 2.13. The zero-order valence-electron chi connectivity index (χ0n) is 9.83. The van der Waals surface area contributed by atoms with E-state index in [1.54, 1.807) is 0 Å². The number of likely N-dealkylation sites (N-methyl/N-ethyl adjacent to an activating group) is 1. The van der Waals surface area contributed by atoms with E-state index in [9.17, 15) is 9.59 Å². The predicted molar refractivity (Wildman–Crippen MR) is 57.6 cm³/mol. The van der Waals surface area contributed by atoms with Gasteiger partial charge in [-0.3, -0.25) is 14.5 Å². The van der Waals surface area contributed by atoms with Gasteiger partial charge in [0.05, 0.1) is 6.54 Å². The molecule has 0 aliphatic carbocycles. The lowest BCUT2D eigenvalue weighted by Crippen LogP contribution is -2.40. The van der Waals surface area contributed by atoms with Gasteiger partial charge in [0.25, 0.3) is 0 Å². The third kappa shape index (κ3) is 9.21. The summed E-state index contributed by atoms with van der Waals surface area (Å²) in [6.07, 6.45) is 0. The van der Waals surface area contributed by atoms with Crippen molar-refractivity contribution in [2.75, 3.05) is 26.7 Å². The number of carboxylic acids is 1. The molecule has 88 valence electrons. The molecule has 0 atom stereocenters. The Morgan fingerprint density at radius 3 is 2.27 bits per heavy atom. The van der Waals surface area contributed by atoms with Crippen LogP contribution in [0.15, 0.2) is 0 Å². The van der Waals surface area contributed by atoms with Crippen LogP contribution in [0.25, 0.3) is 0 Å². The van der Waals surface area contributed by atoms with Crippen molar-refractivity contribution in [3.05, 3.63) is 0 Å². The van der Waals surface area contributed by atoms with E-state index in [1.165, 1.54) is 0 Å². The van der Waals surface area contributed by atoms with Crippen LogP contribution in [-0.4, -0.2) is 48.6 Å². The van der Waals surface area contributed by atoms with E-state index in [0.29, 0.717) is 0 Å². The van der Waals surface area contributed by atoms with Gasteiger partial charge in [-0.05, 0) is 12.5 Å². The third-order valence-electron chi connectivity index (χ3n) is 1.59. The van der Waals surface area contributed by atoms with Crippen molar-refractivity contribution in [1.82, 2.24) is 10.2 Å². The first-order valence-corrected chi connectivity index (χ1v) is 4.88. The number of nitrogens with zero attached hydrogens (tertiary/aromatic N) is 1. The summed E-state index contributed by atoms with van der Waals surface area (Å²) in [4.78, 5) is 23.3. The maximum absolute atomic E-state index is 11.2. The van der Waals surface area contributed by atoms with E-state index in [-0.39, 0.29) is 24.4 Å². The summed E-state index contributed by atoms with van der Waals surface area (Å²) in [6.45, 7) is 6.94. The van der Waals surface area contributed by atoms with Crippen molar-refractivity contribution in [2.24, 2.45) is 5.41 Å². The second kappa shape index (κ2) is 5.70. The fourth-order valence-electron chi connectivity index (χ4n) is 1.34. The minimum absolute atomic E-state index is 0.127. The SMILES string of the molecule is CN(CC(=O)NCC(=O)O)CC(C)(C)C. The number of hydrogen-bond donors (Lipinski definition) is 2. The van der Waals surface area contributed by atoms with Gasteiger partial charge in [-0.25, -0.2) is 0 Å². The molecular formula is C10H20N2O3. The van der Waals surface area contributed by atoms with Gasteiger partial charge in [0, 0.05) is 6.54 Å². The summed E-state index contributed by atoms with van der Waals surface area (Å²) in [5.74, 6) is -1.29. The molecule has 0 saturated heterocycles.